The lowest BCUT2D eigenvalue weighted by Crippen LogP contribution is -2.61. The second-order valence-electron chi connectivity index (χ2n) is 6.48. The van der Waals surface area contributed by atoms with Crippen molar-refractivity contribution in [2.24, 2.45) is 5.73 Å². The molecular formula is C14H27N3. The van der Waals surface area contributed by atoms with E-state index >= 15 is 0 Å². The number of fused-ring (bicyclic) bond motifs is 2. The molecule has 3 fully saturated rings. The van der Waals surface area contributed by atoms with E-state index in [-0.39, 0.29) is 0 Å². The average Bonchev–Trinajstić information content (AvgIpc) is 2.27. The topological polar surface area (TPSA) is 32.5 Å². The number of nitrogens with zero attached hydrogens (tertiary/aromatic N) is 2. The molecule has 3 aliphatic rings. The van der Waals surface area contributed by atoms with Crippen LogP contribution in [0.25, 0.3) is 0 Å². The monoisotopic (exact) mass is 237 g/mol. The van der Waals surface area contributed by atoms with E-state index in [1.165, 1.54) is 58.0 Å². The molecule has 3 heterocycles. The Balaban J connectivity index is 1.72. The van der Waals surface area contributed by atoms with Gasteiger partial charge in [0, 0.05) is 30.7 Å². The van der Waals surface area contributed by atoms with Gasteiger partial charge < -0.3 is 10.6 Å². The number of hydrogen-bond donors (Lipinski definition) is 1. The number of hydrogen-bond acceptors (Lipinski definition) is 3. The first-order valence-corrected chi connectivity index (χ1v) is 7.45. The van der Waals surface area contributed by atoms with Crippen molar-refractivity contribution in [1.82, 2.24) is 9.80 Å². The van der Waals surface area contributed by atoms with E-state index in [2.05, 4.69) is 16.8 Å². The lowest BCUT2D eigenvalue weighted by atomic mass is 9.80. The van der Waals surface area contributed by atoms with Crippen molar-refractivity contribution in [2.45, 2.75) is 69.1 Å². The minimum Gasteiger partial charge on any atom is -0.328 e. The summed E-state index contributed by atoms with van der Waals surface area (Å²) in [6.45, 7) is 2.57. The van der Waals surface area contributed by atoms with E-state index in [1.807, 2.05) is 0 Å². The van der Waals surface area contributed by atoms with E-state index in [0.717, 1.165) is 18.1 Å². The predicted octanol–water partition coefficient (Wildman–Crippen LogP) is 1.42. The van der Waals surface area contributed by atoms with Gasteiger partial charge in [0.25, 0.3) is 0 Å². The third-order valence-electron chi connectivity index (χ3n) is 5.09. The first-order valence-electron chi connectivity index (χ1n) is 7.45. The molecule has 2 bridgehead atoms. The molecule has 2 N–H and O–H groups in total. The lowest BCUT2D eigenvalue weighted by molar-refractivity contribution is -0.0270. The Kier molecular flexibility index (Phi) is 3.42. The van der Waals surface area contributed by atoms with E-state index in [4.69, 9.17) is 5.73 Å². The minimum absolute atomic E-state index is 0.475. The summed E-state index contributed by atoms with van der Waals surface area (Å²) in [5.74, 6) is 0. The van der Waals surface area contributed by atoms with Crippen LogP contribution in [0.1, 0.15) is 44.9 Å². The van der Waals surface area contributed by atoms with Crippen LogP contribution in [-0.4, -0.2) is 54.1 Å². The quantitative estimate of drug-likeness (QED) is 0.749. The van der Waals surface area contributed by atoms with Gasteiger partial charge in [0.15, 0.2) is 0 Å². The van der Waals surface area contributed by atoms with Gasteiger partial charge in [0.05, 0.1) is 0 Å². The van der Waals surface area contributed by atoms with Crippen molar-refractivity contribution in [1.29, 1.82) is 0 Å². The van der Waals surface area contributed by atoms with Crippen molar-refractivity contribution >= 4 is 0 Å². The van der Waals surface area contributed by atoms with Gasteiger partial charge in [-0.3, -0.25) is 4.90 Å². The maximum absolute atomic E-state index is 6.21. The molecule has 3 atom stereocenters. The molecule has 0 aliphatic carbocycles. The van der Waals surface area contributed by atoms with Crippen molar-refractivity contribution < 1.29 is 0 Å². The molecule has 0 radical (unpaired) electrons. The summed E-state index contributed by atoms with van der Waals surface area (Å²) in [4.78, 5) is 5.39. The fourth-order valence-corrected chi connectivity index (χ4v) is 4.44. The standard InChI is InChI=1S/C14H27N3/c1-16-7-3-6-14(10-16)17-12-4-2-5-13(17)9-11(15)8-12/h11-14H,2-10,15H2,1H3. The molecule has 3 unspecified atom stereocenters. The van der Waals surface area contributed by atoms with E-state index in [0.29, 0.717) is 6.04 Å². The minimum atomic E-state index is 0.475. The molecule has 3 rings (SSSR count). The Hall–Kier alpha value is -0.120. The first-order chi connectivity index (χ1) is 8.24. The van der Waals surface area contributed by atoms with Gasteiger partial charge in [0.2, 0.25) is 0 Å². The molecule has 0 spiro atoms. The Morgan fingerprint density at radius 3 is 2.24 bits per heavy atom. The maximum Gasteiger partial charge on any atom is 0.0229 e. The zero-order valence-corrected chi connectivity index (χ0v) is 11.1. The highest BCUT2D eigenvalue weighted by Gasteiger charge is 2.41. The molecule has 0 saturated carbocycles. The van der Waals surface area contributed by atoms with E-state index in [9.17, 15) is 0 Å². The largest absolute Gasteiger partial charge is 0.328 e. The Labute approximate surface area is 105 Å². The van der Waals surface area contributed by atoms with E-state index in [1.54, 1.807) is 0 Å². The van der Waals surface area contributed by atoms with Crippen molar-refractivity contribution in [3.8, 4) is 0 Å². The van der Waals surface area contributed by atoms with Crippen LogP contribution >= 0.6 is 0 Å². The fraction of sp³-hybridized carbons (Fsp3) is 1.00. The molecule has 3 heteroatoms. The highest BCUT2D eigenvalue weighted by molar-refractivity contribution is 4.98. The van der Waals surface area contributed by atoms with Gasteiger partial charge in [-0.05, 0) is 52.1 Å². The second-order valence-corrected chi connectivity index (χ2v) is 6.48. The number of rotatable bonds is 1. The normalized spacial score (nSPS) is 44.8. The average molecular weight is 237 g/mol. The first kappa shape index (κ1) is 11.9. The summed E-state index contributed by atoms with van der Waals surface area (Å²) >= 11 is 0. The molecule has 3 nitrogen and oxygen atoms in total. The van der Waals surface area contributed by atoms with Crippen LogP contribution < -0.4 is 5.73 Å². The van der Waals surface area contributed by atoms with Gasteiger partial charge in [-0.25, -0.2) is 0 Å². The highest BCUT2D eigenvalue weighted by Crippen LogP contribution is 2.36. The highest BCUT2D eigenvalue weighted by atomic mass is 15.3. The molecule has 0 aromatic rings. The van der Waals surface area contributed by atoms with Crippen LogP contribution in [0.4, 0.5) is 0 Å². The molecule has 0 aromatic carbocycles. The Morgan fingerprint density at radius 2 is 1.59 bits per heavy atom. The number of piperidine rings is 3. The van der Waals surface area contributed by atoms with Crippen molar-refractivity contribution in [2.75, 3.05) is 20.1 Å². The molecule has 98 valence electrons. The van der Waals surface area contributed by atoms with Crippen molar-refractivity contribution in [3.05, 3.63) is 0 Å². The summed E-state index contributed by atoms with van der Waals surface area (Å²) in [7, 11) is 2.28. The second kappa shape index (κ2) is 4.87. The molecule has 3 aliphatic heterocycles. The number of nitrogens with two attached hydrogens (primary N) is 1. The summed E-state index contributed by atoms with van der Waals surface area (Å²) in [5.41, 5.74) is 6.21. The van der Waals surface area contributed by atoms with Crippen LogP contribution in [0.2, 0.25) is 0 Å². The molecule has 3 saturated heterocycles. The summed E-state index contributed by atoms with van der Waals surface area (Å²) in [6.07, 6.45) is 9.50. The fourth-order valence-electron chi connectivity index (χ4n) is 4.44. The van der Waals surface area contributed by atoms with Crippen molar-refractivity contribution in [3.63, 3.8) is 0 Å². The third kappa shape index (κ3) is 2.38. The zero-order valence-electron chi connectivity index (χ0n) is 11.1. The molecular weight excluding hydrogens is 210 g/mol. The Morgan fingerprint density at radius 1 is 0.941 bits per heavy atom. The molecule has 0 aromatic heterocycles. The van der Waals surface area contributed by atoms with Gasteiger partial charge in [0.1, 0.15) is 0 Å². The third-order valence-corrected chi connectivity index (χ3v) is 5.09. The van der Waals surface area contributed by atoms with Crippen LogP contribution in [0.15, 0.2) is 0 Å². The molecule has 17 heavy (non-hydrogen) atoms. The van der Waals surface area contributed by atoms with Crippen LogP contribution in [-0.2, 0) is 0 Å². The van der Waals surface area contributed by atoms with Crippen LogP contribution in [0.5, 0.6) is 0 Å². The maximum atomic E-state index is 6.21. The van der Waals surface area contributed by atoms with E-state index < -0.39 is 0 Å². The van der Waals surface area contributed by atoms with Gasteiger partial charge in [-0.2, -0.15) is 0 Å². The SMILES string of the molecule is CN1CCCC(N2C3CCCC2CC(N)C3)C1. The van der Waals surface area contributed by atoms with Gasteiger partial charge in [-0.1, -0.05) is 6.42 Å². The van der Waals surface area contributed by atoms with Crippen LogP contribution in [0.3, 0.4) is 0 Å². The number of likely N-dealkylation sites (N-methyl/N-ethyl adjacent to an activating group) is 1. The predicted molar refractivity (Wildman–Crippen MR) is 71.0 cm³/mol. The molecule has 0 amide bonds. The zero-order chi connectivity index (χ0) is 11.8. The summed E-state index contributed by atoms with van der Waals surface area (Å²) < 4.78 is 0. The van der Waals surface area contributed by atoms with Crippen LogP contribution in [0, 0.1) is 0 Å². The number of likely N-dealkylation sites (tertiary alicyclic amines) is 1. The smallest absolute Gasteiger partial charge is 0.0229 e. The van der Waals surface area contributed by atoms with Gasteiger partial charge >= 0.3 is 0 Å². The summed E-state index contributed by atoms with van der Waals surface area (Å²) in [6, 6.07) is 2.89. The summed E-state index contributed by atoms with van der Waals surface area (Å²) in [5, 5.41) is 0. The Bertz CT molecular complexity index is 254. The lowest BCUT2D eigenvalue weighted by Gasteiger charge is -2.53. The van der Waals surface area contributed by atoms with Gasteiger partial charge in [-0.15, -0.1) is 0 Å².